The van der Waals surface area contributed by atoms with Gasteiger partial charge in [-0.15, -0.1) is 0 Å². The van der Waals surface area contributed by atoms with Gasteiger partial charge in [0.15, 0.2) is 0 Å². The van der Waals surface area contributed by atoms with Gasteiger partial charge in [0.25, 0.3) is 5.91 Å². The predicted molar refractivity (Wildman–Crippen MR) is 124 cm³/mol. The van der Waals surface area contributed by atoms with E-state index >= 15 is 0 Å². The molecule has 0 atom stereocenters. The number of fused-ring (bicyclic) bond motifs is 1. The minimum absolute atomic E-state index is 0.224. The summed E-state index contributed by atoms with van der Waals surface area (Å²) in [6, 6.07) is 4.84. The average molecular weight is 489 g/mol. The fourth-order valence-corrected chi connectivity index (χ4v) is 7.32. The molecule has 2 saturated heterocycles. The normalized spacial score (nSPS) is 23.6. The number of hydrazine groups is 1. The third-order valence-electron chi connectivity index (χ3n) is 7.87. The van der Waals surface area contributed by atoms with Gasteiger partial charge in [-0.3, -0.25) is 15.0 Å². The number of urea groups is 1. The highest BCUT2D eigenvalue weighted by Gasteiger charge is 2.52. The lowest BCUT2D eigenvalue weighted by Crippen LogP contribution is -2.53. The third-order valence-corrected chi connectivity index (χ3v) is 9.77. The molecular weight excluding hydrogens is 456 g/mol. The Kier molecular flexibility index (Phi) is 6.14. The molecular formula is C24H32N4O5S. The Morgan fingerprint density at radius 1 is 0.971 bits per heavy atom. The number of amides is 4. The van der Waals surface area contributed by atoms with Gasteiger partial charge in [-0.2, -0.15) is 9.31 Å². The van der Waals surface area contributed by atoms with E-state index in [9.17, 15) is 22.8 Å². The molecule has 1 aromatic carbocycles. The van der Waals surface area contributed by atoms with Crippen molar-refractivity contribution < 1.29 is 22.8 Å². The van der Waals surface area contributed by atoms with Crippen LogP contribution in [0.25, 0.3) is 0 Å². The Bertz CT molecular complexity index is 1100. The van der Waals surface area contributed by atoms with Crippen LogP contribution in [-0.2, 0) is 32.5 Å². The molecule has 4 aliphatic rings. The fourth-order valence-electron chi connectivity index (χ4n) is 5.80. The van der Waals surface area contributed by atoms with Gasteiger partial charge in [-0.05, 0) is 74.6 Å². The Morgan fingerprint density at radius 3 is 2.35 bits per heavy atom. The van der Waals surface area contributed by atoms with E-state index in [0.29, 0.717) is 30.6 Å². The Hall–Kier alpha value is -2.46. The van der Waals surface area contributed by atoms with E-state index in [1.54, 1.807) is 12.1 Å². The Balaban J connectivity index is 1.20. The lowest BCUT2D eigenvalue weighted by Gasteiger charge is -2.32. The van der Waals surface area contributed by atoms with Gasteiger partial charge in [0.2, 0.25) is 15.9 Å². The molecule has 1 spiro atoms. The summed E-state index contributed by atoms with van der Waals surface area (Å²) in [6.45, 7) is 0.448. The van der Waals surface area contributed by atoms with E-state index in [4.69, 9.17) is 0 Å². The SMILES string of the molecule is O=C(NN1C(=O)NC2(CCCCC2)C1=O)C1CCN(S(=O)(=O)c2ccc3c(c2)CCCC3)CC1. The lowest BCUT2D eigenvalue weighted by molar-refractivity contribution is -0.141. The first-order chi connectivity index (χ1) is 16.3. The molecule has 1 aromatic rings. The van der Waals surface area contributed by atoms with Crippen LogP contribution in [0.5, 0.6) is 0 Å². The number of nitrogens with one attached hydrogen (secondary N) is 2. The smallest absolute Gasteiger partial charge is 0.322 e. The van der Waals surface area contributed by atoms with Gasteiger partial charge < -0.3 is 5.32 Å². The zero-order valence-corrected chi connectivity index (χ0v) is 20.2. The largest absolute Gasteiger partial charge is 0.344 e. The summed E-state index contributed by atoms with van der Waals surface area (Å²) in [5.74, 6) is -1.27. The summed E-state index contributed by atoms with van der Waals surface area (Å²) >= 11 is 0. The monoisotopic (exact) mass is 488 g/mol. The van der Waals surface area contributed by atoms with Gasteiger partial charge >= 0.3 is 6.03 Å². The number of sulfonamides is 1. The van der Waals surface area contributed by atoms with E-state index in [2.05, 4.69) is 10.7 Å². The highest BCUT2D eigenvalue weighted by molar-refractivity contribution is 7.89. The van der Waals surface area contributed by atoms with E-state index in [-0.39, 0.29) is 13.1 Å². The first kappa shape index (κ1) is 23.3. The maximum atomic E-state index is 13.2. The molecule has 5 rings (SSSR count). The van der Waals surface area contributed by atoms with Gasteiger partial charge in [-0.25, -0.2) is 13.2 Å². The summed E-state index contributed by atoms with van der Waals surface area (Å²) in [6.07, 6.45) is 8.73. The third kappa shape index (κ3) is 4.11. The fraction of sp³-hybridized carbons (Fsp3) is 0.625. The molecule has 0 unspecified atom stereocenters. The standard InChI is InChI=1S/C24H32N4O5S/c29-21(26-28-22(30)24(25-23(28)31)12-4-1-5-13-24)18-10-14-27(15-11-18)34(32,33)20-9-8-17-6-2-3-7-19(17)16-20/h8-9,16,18H,1-7,10-15H2,(H,25,31)(H,26,29). The lowest BCUT2D eigenvalue weighted by atomic mass is 9.82. The number of piperidine rings is 1. The van der Waals surface area contributed by atoms with Crippen LogP contribution in [0.15, 0.2) is 23.1 Å². The first-order valence-electron chi connectivity index (χ1n) is 12.4. The highest BCUT2D eigenvalue weighted by Crippen LogP contribution is 2.33. The molecule has 3 fully saturated rings. The number of imide groups is 1. The zero-order chi connectivity index (χ0) is 23.9. The number of nitrogens with zero attached hydrogens (tertiary/aromatic N) is 2. The van der Waals surface area contributed by atoms with E-state index in [1.807, 2.05) is 6.07 Å². The van der Waals surface area contributed by atoms with Crippen molar-refractivity contribution in [2.75, 3.05) is 13.1 Å². The van der Waals surface area contributed by atoms with Crippen LogP contribution in [0.3, 0.4) is 0 Å². The first-order valence-corrected chi connectivity index (χ1v) is 13.8. The maximum absolute atomic E-state index is 13.2. The number of rotatable bonds is 4. The number of carbonyl (C=O) groups is 3. The summed E-state index contributed by atoms with van der Waals surface area (Å²) in [5.41, 5.74) is 3.96. The molecule has 184 valence electrons. The number of hydrogen-bond donors (Lipinski definition) is 2. The predicted octanol–water partition coefficient (Wildman–Crippen LogP) is 2.25. The molecule has 4 amide bonds. The molecule has 2 N–H and O–H groups in total. The van der Waals surface area contributed by atoms with Crippen molar-refractivity contribution >= 4 is 27.9 Å². The molecule has 2 aliphatic heterocycles. The van der Waals surface area contributed by atoms with E-state index in [1.165, 1.54) is 9.87 Å². The van der Waals surface area contributed by atoms with Crippen molar-refractivity contribution in [1.82, 2.24) is 20.1 Å². The average Bonchev–Trinajstić information content (AvgIpc) is 3.07. The molecule has 9 nitrogen and oxygen atoms in total. The molecule has 0 radical (unpaired) electrons. The molecule has 0 bridgehead atoms. The summed E-state index contributed by atoms with van der Waals surface area (Å²) in [4.78, 5) is 38.5. The second kappa shape index (κ2) is 8.96. The number of benzene rings is 1. The topological polar surface area (TPSA) is 116 Å². The molecule has 2 aliphatic carbocycles. The van der Waals surface area contributed by atoms with Crippen LogP contribution in [-0.4, -0.2) is 54.2 Å². The molecule has 0 aromatic heterocycles. The van der Waals surface area contributed by atoms with Crippen molar-refractivity contribution in [3.8, 4) is 0 Å². The summed E-state index contributed by atoms with van der Waals surface area (Å²) < 4.78 is 27.8. The number of aryl methyl sites for hydroxylation is 2. The highest BCUT2D eigenvalue weighted by atomic mass is 32.2. The van der Waals surface area contributed by atoms with Gasteiger partial charge in [-0.1, -0.05) is 25.3 Å². The van der Waals surface area contributed by atoms with Gasteiger partial charge in [0.1, 0.15) is 5.54 Å². The van der Waals surface area contributed by atoms with Crippen LogP contribution in [0.1, 0.15) is 68.9 Å². The number of hydrogen-bond acceptors (Lipinski definition) is 5. The Labute approximate surface area is 200 Å². The van der Waals surface area contributed by atoms with Crippen LogP contribution in [0.2, 0.25) is 0 Å². The molecule has 34 heavy (non-hydrogen) atoms. The summed E-state index contributed by atoms with van der Waals surface area (Å²) in [7, 11) is -3.63. The van der Waals surface area contributed by atoms with E-state index in [0.717, 1.165) is 55.5 Å². The van der Waals surface area contributed by atoms with Gasteiger partial charge in [0, 0.05) is 19.0 Å². The van der Waals surface area contributed by atoms with Crippen LogP contribution >= 0.6 is 0 Å². The molecule has 2 heterocycles. The second-order valence-corrected chi connectivity index (χ2v) is 11.9. The van der Waals surface area contributed by atoms with Gasteiger partial charge in [0.05, 0.1) is 4.90 Å². The number of carbonyl (C=O) groups excluding carboxylic acids is 3. The minimum atomic E-state index is -3.63. The Morgan fingerprint density at radius 2 is 1.65 bits per heavy atom. The quantitative estimate of drug-likeness (QED) is 0.631. The maximum Gasteiger partial charge on any atom is 0.344 e. The van der Waals surface area contributed by atoms with Crippen molar-refractivity contribution in [3.05, 3.63) is 29.3 Å². The van der Waals surface area contributed by atoms with Crippen molar-refractivity contribution in [2.45, 2.75) is 81.1 Å². The van der Waals surface area contributed by atoms with Crippen LogP contribution in [0.4, 0.5) is 4.79 Å². The van der Waals surface area contributed by atoms with Crippen molar-refractivity contribution in [2.24, 2.45) is 5.92 Å². The van der Waals surface area contributed by atoms with Crippen LogP contribution in [0, 0.1) is 5.92 Å². The second-order valence-electron chi connectivity index (χ2n) is 10.0. The molecule has 10 heteroatoms. The van der Waals surface area contributed by atoms with Crippen molar-refractivity contribution in [3.63, 3.8) is 0 Å². The summed E-state index contributed by atoms with van der Waals surface area (Å²) in [5, 5.41) is 3.60. The molecule has 1 saturated carbocycles. The zero-order valence-electron chi connectivity index (χ0n) is 19.3. The minimum Gasteiger partial charge on any atom is -0.322 e. The van der Waals surface area contributed by atoms with Crippen LogP contribution < -0.4 is 10.7 Å². The van der Waals surface area contributed by atoms with Crippen molar-refractivity contribution in [1.29, 1.82) is 0 Å². The van der Waals surface area contributed by atoms with E-state index < -0.39 is 39.3 Å².